The minimum absolute atomic E-state index is 0.00903. The van der Waals surface area contributed by atoms with E-state index in [9.17, 15) is 9.59 Å². The summed E-state index contributed by atoms with van der Waals surface area (Å²) in [6.07, 6.45) is 0.883. The number of rotatable bonds is 6. The smallest absolute Gasteiger partial charge is 0.254 e. The standard InChI is InChI=1S/C23H28N2O3/c1-4-12-24-22(26)21-15-25(23(27)19-11-6-5-8-16(19)2)14-20(21)17-9-7-10-18(13-17)28-3/h5-11,13,20-21H,4,12,14-15H2,1-3H3,(H,24,26). The fourth-order valence-corrected chi connectivity index (χ4v) is 3.81. The highest BCUT2D eigenvalue weighted by atomic mass is 16.5. The van der Waals surface area contributed by atoms with Crippen molar-refractivity contribution in [3.8, 4) is 5.75 Å². The topological polar surface area (TPSA) is 58.6 Å². The Morgan fingerprint density at radius 3 is 2.64 bits per heavy atom. The van der Waals surface area contributed by atoms with Gasteiger partial charge in [-0.1, -0.05) is 37.3 Å². The number of nitrogens with zero attached hydrogens (tertiary/aromatic N) is 1. The summed E-state index contributed by atoms with van der Waals surface area (Å²) in [5.74, 6) is 0.423. The number of hydrogen-bond acceptors (Lipinski definition) is 3. The summed E-state index contributed by atoms with van der Waals surface area (Å²) in [7, 11) is 1.63. The van der Waals surface area contributed by atoms with E-state index in [0.717, 1.165) is 23.3 Å². The van der Waals surface area contributed by atoms with Gasteiger partial charge in [0, 0.05) is 31.1 Å². The Hall–Kier alpha value is -2.82. The van der Waals surface area contributed by atoms with Gasteiger partial charge in [0.1, 0.15) is 5.75 Å². The van der Waals surface area contributed by atoms with Crippen LogP contribution in [0.25, 0.3) is 0 Å². The lowest BCUT2D eigenvalue weighted by Gasteiger charge is -2.18. The molecule has 1 fully saturated rings. The molecule has 2 atom stereocenters. The molecule has 0 spiro atoms. The number of carbonyl (C=O) groups is 2. The summed E-state index contributed by atoms with van der Waals surface area (Å²) >= 11 is 0. The molecular formula is C23H28N2O3. The van der Waals surface area contributed by atoms with Gasteiger partial charge in [0.2, 0.25) is 5.91 Å². The van der Waals surface area contributed by atoms with E-state index < -0.39 is 0 Å². The fourth-order valence-electron chi connectivity index (χ4n) is 3.81. The number of likely N-dealkylation sites (tertiary alicyclic amines) is 1. The number of ether oxygens (including phenoxy) is 1. The Morgan fingerprint density at radius 2 is 1.93 bits per heavy atom. The molecule has 28 heavy (non-hydrogen) atoms. The number of methoxy groups -OCH3 is 1. The van der Waals surface area contributed by atoms with E-state index in [1.165, 1.54) is 0 Å². The lowest BCUT2D eigenvalue weighted by atomic mass is 9.88. The van der Waals surface area contributed by atoms with Crippen molar-refractivity contribution in [2.75, 3.05) is 26.7 Å². The van der Waals surface area contributed by atoms with Crippen molar-refractivity contribution in [2.24, 2.45) is 5.92 Å². The first-order chi connectivity index (χ1) is 13.5. The molecule has 2 amide bonds. The van der Waals surface area contributed by atoms with Gasteiger partial charge in [0.15, 0.2) is 0 Å². The Bertz CT molecular complexity index is 849. The van der Waals surface area contributed by atoms with E-state index in [1.807, 2.05) is 67.3 Å². The van der Waals surface area contributed by atoms with Gasteiger partial charge >= 0.3 is 0 Å². The van der Waals surface area contributed by atoms with Crippen molar-refractivity contribution in [2.45, 2.75) is 26.2 Å². The molecule has 0 radical (unpaired) electrons. The van der Waals surface area contributed by atoms with Gasteiger partial charge in [-0.15, -0.1) is 0 Å². The van der Waals surface area contributed by atoms with Crippen LogP contribution in [0, 0.1) is 12.8 Å². The SMILES string of the molecule is CCCNC(=O)C1CN(C(=O)c2ccccc2C)CC1c1cccc(OC)c1. The zero-order valence-corrected chi connectivity index (χ0v) is 16.8. The molecule has 1 heterocycles. The highest BCUT2D eigenvalue weighted by Crippen LogP contribution is 2.35. The predicted molar refractivity (Wildman–Crippen MR) is 110 cm³/mol. The summed E-state index contributed by atoms with van der Waals surface area (Å²) in [4.78, 5) is 27.8. The quantitative estimate of drug-likeness (QED) is 0.836. The molecule has 1 N–H and O–H groups in total. The molecule has 0 aromatic heterocycles. The third-order valence-electron chi connectivity index (χ3n) is 5.39. The zero-order valence-electron chi connectivity index (χ0n) is 16.8. The van der Waals surface area contributed by atoms with Gasteiger partial charge in [-0.3, -0.25) is 9.59 Å². The largest absolute Gasteiger partial charge is 0.497 e. The van der Waals surface area contributed by atoms with Crippen LogP contribution in [0.2, 0.25) is 0 Å². The maximum Gasteiger partial charge on any atom is 0.254 e. The minimum atomic E-state index is -0.272. The molecule has 2 aromatic carbocycles. The second-order valence-corrected chi connectivity index (χ2v) is 7.31. The second-order valence-electron chi connectivity index (χ2n) is 7.31. The number of amides is 2. The maximum atomic E-state index is 13.1. The Balaban J connectivity index is 1.88. The number of carbonyl (C=O) groups excluding carboxylic acids is 2. The van der Waals surface area contributed by atoms with Crippen molar-refractivity contribution < 1.29 is 14.3 Å². The average Bonchev–Trinajstić information content (AvgIpc) is 3.17. The third kappa shape index (κ3) is 4.19. The van der Waals surface area contributed by atoms with Crippen LogP contribution in [-0.4, -0.2) is 43.5 Å². The molecule has 2 unspecified atom stereocenters. The molecule has 5 heteroatoms. The summed E-state index contributed by atoms with van der Waals surface area (Å²) in [6.45, 7) is 5.55. The molecule has 0 bridgehead atoms. The normalized spacial score (nSPS) is 18.8. The van der Waals surface area contributed by atoms with Crippen LogP contribution in [0.15, 0.2) is 48.5 Å². The van der Waals surface area contributed by atoms with Crippen molar-refractivity contribution in [1.82, 2.24) is 10.2 Å². The Kier molecular flexibility index (Phi) is 6.34. The highest BCUT2D eigenvalue weighted by molar-refractivity contribution is 5.96. The van der Waals surface area contributed by atoms with Crippen LogP contribution < -0.4 is 10.1 Å². The van der Waals surface area contributed by atoms with E-state index in [1.54, 1.807) is 7.11 Å². The van der Waals surface area contributed by atoms with Gasteiger partial charge in [0.25, 0.3) is 5.91 Å². The predicted octanol–water partition coefficient (Wildman–Crippen LogP) is 3.39. The molecule has 0 aliphatic carbocycles. The van der Waals surface area contributed by atoms with E-state index >= 15 is 0 Å². The second kappa shape index (κ2) is 8.91. The number of hydrogen-bond donors (Lipinski definition) is 1. The summed E-state index contributed by atoms with van der Waals surface area (Å²) in [5, 5.41) is 3.01. The molecule has 3 rings (SSSR count). The number of aryl methyl sites for hydroxylation is 1. The van der Waals surface area contributed by atoms with Gasteiger partial charge in [-0.25, -0.2) is 0 Å². The third-order valence-corrected chi connectivity index (χ3v) is 5.39. The van der Waals surface area contributed by atoms with E-state index in [2.05, 4.69) is 5.32 Å². The van der Waals surface area contributed by atoms with Crippen molar-refractivity contribution >= 4 is 11.8 Å². The summed E-state index contributed by atoms with van der Waals surface area (Å²) in [5.41, 5.74) is 2.67. The molecule has 5 nitrogen and oxygen atoms in total. The number of benzene rings is 2. The van der Waals surface area contributed by atoms with Crippen molar-refractivity contribution in [3.63, 3.8) is 0 Å². The van der Waals surface area contributed by atoms with Gasteiger partial charge < -0.3 is 15.0 Å². The highest BCUT2D eigenvalue weighted by Gasteiger charge is 2.40. The minimum Gasteiger partial charge on any atom is -0.497 e. The molecule has 148 valence electrons. The lowest BCUT2D eigenvalue weighted by molar-refractivity contribution is -0.124. The van der Waals surface area contributed by atoms with Gasteiger partial charge in [0.05, 0.1) is 13.0 Å². The Labute approximate surface area is 166 Å². The molecule has 0 saturated carbocycles. The molecular weight excluding hydrogens is 352 g/mol. The zero-order chi connectivity index (χ0) is 20.1. The van der Waals surface area contributed by atoms with Crippen LogP contribution in [0.5, 0.6) is 5.75 Å². The van der Waals surface area contributed by atoms with Crippen LogP contribution >= 0.6 is 0 Å². The monoisotopic (exact) mass is 380 g/mol. The fraction of sp³-hybridized carbons (Fsp3) is 0.391. The first-order valence-electron chi connectivity index (χ1n) is 9.81. The van der Waals surface area contributed by atoms with Crippen LogP contribution in [-0.2, 0) is 4.79 Å². The molecule has 2 aromatic rings. The number of nitrogens with one attached hydrogen (secondary N) is 1. The van der Waals surface area contributed by atoms with E-state index in [-0.39, 0.29) is 23.7 Å². The maximum absolute atomic E-state index is 13.1. The van der Waals surface area contributed by atoms with Crippen LogP contribution in [0.1, 0.15) is 40.7 Å². The van der Waals surface area contributed by atoms with Crippen molar-refractivity contribution in [1.29, 1.82) is 0 Å². The van der Waals surface area contributed by atoms with Gasteiger partial charge in [-0.2, -0.15) is 0 Å². The van der Waals surface area contributed by atoms with E-state index in [0.29, 0.717) is 25.2 Å². The van der Waals surface area contributed by atoms with Gasteiger partial charge in [-0.05, 0) is 42.7 Å². The summed E-state index contributed by atoms with van der Waals surface area (Å²) < 4.78 is 5.35. The average molecular weight is 380 g/mol. The Morgan fingerprint density at radius 1 is 1.14 bits per heavy atom. The van der Waals surface area contributed by atoms with Crippen LogP contribution in [0.3, 0.4) is 0 Å². The van der Waals surface area contributed by atoms with Crippen molar-refractivity contribution in [3.05, 3.63) is 65.2 Å². The first-order valence-corrected chi connectivity index (χ1v) is 9.81. The first kappa shape index (κ1) is 19.9. The molecule has 1 saturated heterocycles. The molecule has 1 aliphatic heterocycles. The summed E-state index contributed by atoms with van der Waals surface area (Å²) in [6, 6.07) is 15.4. The van der Waals surface area contributed by atoms with Crippen LogP contribution in [0.4, 0.5) is 0 Å². The van der Waals surface area contributed by atoms with E-state index in [4.69, 9.17) is 4.74 Å². The molecule has 1 aliphatic rings. The lowest BCUT2D eigenvalue weighted by Crippen LogP contribution is -2.36.